The van der Waals surface area contributed by atoms with Crippen LogP contribution < -0.4 is 10.1 Å². The molecule has 1 aliphatic carbocycles. The number of aryl methyl sites for hydroxylation is 2. The second kappa shape index (κ2) is 6.81. The van der Waals surface area contributed by atoms with Crippen molar-refractivity contribution in [2.24, 2.45) is 7.05 Å². The molecule has 2 aromatic rings. The monoisotopic (exact) mass is 314 g/mol. The molecule has 3 rings (SSSR count). The number of carbonyl (C=O) groups excluding carboxylic acids is 1. The van der Waals surface area contributed by atoms with Gasteiger partial charge in [0.05, 0.1) is 24.9 Å². The predicted octanol–water partition coefficient (Wildman–Crippen LogP) is 1.78. The molecular formula is C17H22N4O2. The highest BCUT2D eigenvalue weighted by molar-refractivity contribution is 5.79. The number of rotatable bonds is 5. The van der Waals surface area contributed by atoms with Crippen molar-refractivity contribution in [2.75, 3.05) is 0 Å². The van der Waals surface area contributed by atoms with Gasteiger partial charge in [-0.25, -0.2) is 0 Å². The van der Waals surface area contributed by atoms with E-state index in [9.17, 15) is 4.79 Å². The molecule has 23 heavy (non-hydrogen) atoms. The number of hydrogen-bond acceptors (Lipinski definition) is 4. The second-order valence-corrected chi connectivity index (χ2v) is 6.09. The number of hydrogen-bond donors (Lipinski definition) is 1. The Kier molecular flexibility index (Phi) is 4.60. The first-order valence-electron chi connectivity index (χ1n) is 7.96. The van der Waals surface area contributed by atoms with Gasteiger partial charge in [-0.2, -0.15) is 5.10 Å². The Morgan fingerprint density at radius 2 is 2.30 bits per heavy atom. The zero-order valence-corrected chi connectivity index (χ0v) is 13.5. The van der Waals surface area contributed by atoms with Gasteiger partial charge in [0.25, 0.3) is 0 Å². The lowest BCUT2D eigenvalue weighted by molar-refractivity contribution is -0.121. The third kappa shape index (κ3) is 3.88. The molecule has 0 aromatic carbocycles. The topological polar surface area (TPSA) is 69.0 Å². The van der Waals surface area contributed by atoms with Crippen molar-refractivity contribution >= 4 is 5.91 Å². The molecule has 6 nitrogen and oxygen atoms in total. The van der Waals surface area contributed by atoms with Gasteiger partial charge in [-0.15, -0.1) is 0 Å². The summed E-state index contributed by atoms with van der Waals surface area (Å²) in [5.74, 6) is 0.773. The van der Waals surface area contributed by atoms with E-state index in [4.69, 9.17) is 4.74 Å². The van der Waals surface area contributed by atoms with Gasteiger partial charge >= 0.3 is 0 Å². The summed E-state index contributed by atoms with van der Waals surface area (Å²) in [4.78, 5) is 16.4. The zero-order chi connectivity index (χ0) is 16.2. The quantitative estimate of drug-likeness (QED) is 0.913. The summed E-state index contributed by atoms with van der Waals surface area (Å²) in [6.45, 7) is 1.99. The van der Waals surface area contributed by atoms with Crippen LogP contribution in [0.2, 0.25) is 0 Å². The molecule has 1 saturated carbocycles. The summed E-state index contributed by atoms with van der Waals surface area (Å²) < 4.78 is 7.68. The van der Waals surface area contributed by atoms with Crippen molar-refractivity contribution in [1.82, 2.24) is 20.1 Å². The number of amides is 1. The Balaban J connectivity index is 1.57. The Morgan fingerprint density at radius 3 is 3.04 bits per heavy atom. The Labute approximate surface area is 135 Å². The lowest BCUT2D eigenvalue weighted by Gasteiger charge is -2.21. The van der Waals surface area contributed by atoms with Crippen LogP contribution in [0.5, 0.6) is 5.75 Å². The van der Waals surface area contributed by atoms with Crippen LogP contribution in [0.1, 0.15) is 30.4 Å². The van der Waals surface area contributed by atoms with Crippen LogP contribution in [0.3, 0.4) is 0 Å². The maximum atomic E-state index is 12.3. The van der Waals surface area contributed by atoms with Gasteiger partial charge in [-0.1, -0.05) is 0 Å². The Bertz CT molecular complexity index is 683. The number of aromatic nitrogens is 3. The van der Waals surface area contributed by atoms with Crippen molar-refractivity contribution in [1.29, 1.82) is 0 Å². The van der Waals surface area contributed by atoms with Gasteiger partial charge in [-0.05, 0) is 43.4 Å². The van der Waals surface area contributed by atoms with Crippen LogP contribution in [-0.4, -0.2) is 32.8 Å². The molecule has 1 N–H and O–H groups in total. The Hall–Kier alpha value is -2.37. The van der Waals surface area contributed by atoms with Crippen molar-refractivity contribution < 1.29 is 9.53 Å². The highest BCUT2D eigenvalue weighted by Crippen LogP contribution is 2.24. The van der Waals surface area contributed by atoms with Gasteiger partial charge in [0.1, 0.15) is 6.10 Å². The van der Waals surface area contributed by atoms with Gasteiger partial charge in [0.15, 0.2) is 5.75 Å². The van der Waals surface area contributed by atoms with Crippen LogP contribution in [0, 0.1) is 6.92 Å². The van der Waals surface area contributed by atoms with Gasteiger partial charge in [0, 0.05) is 19.4 Å². The van der Waals surface area contributed by atoms with E-state index in [2.05, 4.69) is 15.4 Å². The maximum absolute atomic E-state index is 12.3. The lowest BCUT2D eigenvalue weighted by atomic mass is 10.1. The molecule has 2 aromatic heterocycles. The normalized spacial score (nSPS) is 20.4. The summed E-state index contributed by atoms with van der Waals surface area (Å²) in [6.07, 6.45) is 10.4. The first-order chi connectivity index (χ1) is 11.1. The average molecular weight is 314 g/mol. The van der Waals surface area contributed by atoms with E-state index in [0.29, 0.717) is 6.42 Å². The van der Waals surface area contributed by atoms with Crippen LogP contribution in [0.4, 0.5) is 0 Å². The zero-order valence-electron chi connectivity index (χ0n) is 13.5. The fourth-order valence-electron chi connectivity index (χ4n) is 2.98. The fraction of sp³-hybridized carbons (Fsp3) is 0.471. The number of pyridine rings is 1. The van der Waals surface area contributed by atoms with Crippen molar-refractivity contribution in [3.63, 3.8) is 0 Å². The molecule has 0 spiro atoms. The minimum Gasteiger partial charge on any atom is -0.485 e. The number of nitrogens with one attached hydrogen (secondary N) is 1. The summed E-state index contributed by atoms with van der Waals surface area (Å²) in [6, 6.07) is 1.98. The number of nitrogens with zero attached hydrogens (tertiary/aromatic N) is 3. The minimum atomic E-state index is 0.0122. The number of ether oxygens (including phenoxy) is 1. The van der Waals surface area contributed by atoms with E-state index < -0.39 is 0 Å². The highest BCUT2D eigenvalue weighted by Gasteiger charge is 2.30. The van der Waals surface area contributed by atoms with Crippen molar-refractivity contribution in [3.05, 3.63) is 42.0 Å². The minimum absolute atomic E-state index is 0.0122. The number of carbonyl (C=O) groups is 1. The molecule has 2 atom stereocenters. The Morgan fingerprint density at radius 1 is 1.43 bits per heavy atom. The summed E-state index contributed by atoms with van der Waals surface area (Å²) in [7, 11) is 1.86. The van der Waals surface area contributed by atoms with E-state index in [1.807, 2.05) is 26.2 Å². The summed E-state index contributed by atoms with van der Waals surface area (Å²) >= 11 is 0. The third-order valence-corrected chi connectivity index (χ3v) is 4.27. The van der Waals surface area contributed by atoms with Crippen LogP contribution in [-0.2, 0) is 18.3 Å². The lowest BCUT2D eigenvalue weighted by Crippen LogP contribution is -2.43. The first-order valence-corrected chi connectivity index (χ1v) is 7.96. The molecule has 2 heterocycles. The standard InChI is InChI=1S/C17H22N4O2/c1-12-6-7-18-9-13(12)8-17(22)20-15-4-3-5-16(15)23-14-10-19-21(2)11-14/h6-7,9-11,15-16H,3-5,8H2,1-2H3,(H,20,22)/t15-,16+/m0/s1. The van der Waals surface area contributed by atoms with Crippen molar-refractivity contribution in [2.45, 2.75) is 44.8 Å². The van der Waals surface area contributed by atoms with Gasteiger partial charge < -0.3 is 10.1 Å². The van der Waals surface area contributed by atoms with E-state index in [1.165, 1.54) is 0 Å². The summed E-state index contributed by atoms with van der Waals surface area (Å²) in [5.41, 5.74) is 2.05. The SMILES string of the molecule is Cc1ccncc1CC(=O)N[C@H]1CCC[C@H]1Oc1cnn(C)c1. The summed E-state index contributed by atoms with van der Waals surface area (Å²) in [5, 5.41) is 7.22. The molecule has 122 valence electrons. The van der Waals surface area contributed by atoms with Crippen LogP contribution >= 0.6 is 0 Å². The molecule has 1 amide bonds. The predicted molar refractivity (Wildman–Crippen MR) is 86.1 cm³/mol. The van der Waals surface area contributed by atoms with E-state index >= 15 is 0 Å². The van der Waals surface area contributed by atoms with Crippen LogP contribution in [0.25, 0.3) is 0 Å². The molecular weight excluding hydrogens is 292 g/mol. The maximum Gasteiger partial charge on any atom is 0.224 e. The fourth-order valence-corrected chi connectivity index (χ4v) is 2.98. The third-order valence-electron chi connectivity index (χ3n) is 4.27. The van der Waals surface area contributed by atoms with Gasteiger partial charge in [0.2, 0.25) is 5.91 Å². The first kappa shape index (κ1) is 15.5. The molecule has 0 saturated heterocycles. The van der Waals surface area contributed by atoms with Gasteiger partial charge in [-0.3, -0.25) is 14.5 Å². The highest BCUT2D eigenvalue weighted by atomic mass is 16.5. The molecule has 1 fully saturated rings. The molecule has 0 bridgehead atoms. The van der Waals surface area contributed by atoms with E-state index in [0.717, 1.165) is 36.1 Å². The molecule has 0 aliphatic heterocycles. The second-order valence-electron chi connectivity index (χ2n) is 6.09. The largest absolute Gasteiger partial charge is 0.485 e. The average Bonchev–Trinajstić information content (AvgIpc) is 3.11. The van der Waals surface area contributed by atoms with Crippen LogP contribution in [0.15, 0.2) is 30.9 Å². The van der Waals surface area contributed by atoms with E-state index in [-0.39, 0.29) is 18.1 Å². The molecule has 0 radical (unpaired) electrons. The smallest absolute Gasteiger partial charge is 0.224 e. The molecule has 1 aliphatic rings. The van der Waals surface area contributed by atoms with E-state index in [1.54, 1.807) is 23.3 Å². The molecule has 0 unspecified atom stereocenters. The molecule has 6 heteroatoms. The van der Waals surface area contributed by atoms with Crippen molar-refractivity contribution in [3.8, 4) is 5.75 Å².